The standard InChI is InChI=1S/C43H27N5/c1-2-13-29(14-3-1)41-44-42(31-23-22-28-12-4-5-15-30(28)26-31)46-43(45-41)48-39-21-11-8-18-35(39)36-27-32(24-25-40(36)48)47-37-19-9-6-16-33(37)34-17-7-10-20-38(34)47/h1-27H. The Labute approximate surface area is 276 Å². The van der Waals surface area contributed by atoms with Gasteiger partial charge in [-0.1, -0.05) is 121 Å². The van der Waals surface area contributed by atoms with Crippen molar-refractivity contribution in [2.24, 2.45) is 0 Å². The molecule has 0 saturated heterocycles. The van der Waals surface area contributed by atoms with Crippen molar-refractivity contribution in [2.45, 2.75) is 0 Å². The van der Waals surface area contributed by atoms with Gasteiger partial charge in [0.05, 0.1) is 22.1 Å². The van der Waals surface area contributed by atoms with E-state index in [9.17, 15) is 0 Å². The first-order valence-electron chi connectivity index (χ1n) is 16.1. The van der Waals surface area contributed by atoms with Gasteiger partial charge < -0.3 is 4.57 Å². The van der Waals surface area contributed by atoms with Crippen LogP contribution in [-0.2, 0) is 0 Å². The number of fused-ring (bicyclic) bond motifs is 7. The molecule has 10 aromatic rings. The van der Waals surface area contributed by atoms with Crippen LogP contribution in [0, 0.1) is 0 Å². The second kappa shape index (κ2) is 10.5. The summed E-state index contributed by atoms with van der Waals surface area (Å²) in [6, 6.07) is 57.4. The van der Waals surface area contributed by atoms with Gasteiger partial charge in [-0.05, 0) is 53.2 Å². The Kier molecular flexibility index (Phi) is 5.81. The van der Waals surface area contributed by atoms with Crippen molar-refractivity contribution in [1.29, 1.82) is 0 Å². The van der Waals surface area contributed by atoms with Crippen molar-refractivity contribution in [2.75, 3.05) is 0 Å². The van der Waals surface area contributed by atoms with Crippen molar-refractivity contribution in [3.63, 3.8) is 0 Å². The first-order chi connectivity index (χ1) is 23.8. The Hall–Kier alpha value is -6.59. The van der Waals surface area contributed by atoms with Crippen LogP contribution in [0.1, 0.15) is 0 Å². The zero-order valence-electron chi connectivity index (χ0n) is 25.8. The highest BCUT2D eigenvalue weighted by atomic mass is 15.2. The maximum Gasteiger partial charge on any atom is 0.238 e. The number of hydrogen-bond acceptors (Lipinski definition) is 3. The Morgan fingerprint density at radius 2 is 0.875 bits per heavy atom. The largest absolute Gasteiger partial charge is 0.309 e. The van der Waals surface area contributed by atoms with E-state index >= 15 is 0 Å². The molecule has 0 amide bonds. The molecule has 0 fully saturated rings. The fraction of sp³-hybridized carbons (Fsp3) is 0. The van der Waals surface area contributed by atoms with E-state index in [1.807, 2.05) is 30.3 Å². The van der Waals surface area contributed by atoms with Crippen molar-refractivity contribution in [1.82, 2.24) is 24.1 Å². The van der Waals surface area contributed by atoms with Crippen LogP contribution in [0.15, 0.2) is 164 Å². The molecule has 0 radical (unpaired) electrons. The summed E-state index contributed by atoms with van der Waals surface area (Å²) in [6.07, 6.45) is 0. The number of para-hydroxylation sites is 3. The predicted molar refractivity (Wildman–Crippen MR) is 197 cm³/mol. The van der Waals surface area contributed by atoms with Crippen LogP contribution in [-0.4, -0.2) is 24.1 Å². The summed E-state index contributed by atoms with van der Waals surface area (Å²) in [7, 11) is 0. The summed E-state index contributed by atoms with van der Waals surface area (Å²) >= 11 is 0. The van der Waals surface area contributed by atoms with E-state index in [0.29, 0.717) is 17.6 Å². The van der Waals surface area contributed by atoms with Gasteiger partial charge in [0.2, 0.25) is 5.95 Å². The van der Waals surface area contributed by atoms with E-state index in [4.69, 9.17) is 15.0 Å². The summed E-state index contributed by atoms with van der Waals surface area (Å²) in [6.45, 7) is 0. The summed E-state index contributed by atoms with van der Waals surface area (Å²) in [4.78, 5) is 15.3. The summed E-state index contributed by atoms with van der Waals surface area (Å²) < 4.78 is 4.55. The van der Waals surface area contributed by atoms with Gasteiger partial charge in [0, 0.05) is 38.4 Å². The second-order valence-corrected chi connectivity index (χ2v) is 12.1. The first-order valence-corrected chi connectivity index (χ1v) is 16.1. The SMILES string of the molecule is c1ccc(-c2nc(-c3ccc4ccccc4c3)nc(-n3c4ccccc4c4cc(-n5c6ccccc6c6ccccc65)ccc43)n2)cc1. The summed E-state index contributed by atoms with van der Waals surface area (Å²) in [5.74, 6) is 1.86. The average Bonchev–Trinajstić information content (AvgIpc) is 3.67. The van der Waals surface area contributed by atoms with Crippen molar-refractivity contribution >= 4 is 54.4 Å². The van der Waals surface area contributed by atoms with Gasteiger partial charge in [-0.3, -0.25) is 4.57 Å². The van der Waals surface area contributed by atoms with E-state index in [1.54, 1.807) is 0 Å². The van der Waals surface area contributed by atoms with Crippen LogP contribution < -0.4 is 0 Å². The van der Waals surface area contributed by atoms with Gasteiger partial charge in [-0.25, -0.2) is 4.98 Å². The highest BCUT2D eigenvalue weighted by Gasteiger charge is 2.19. The van der Waals surface area contributed by atoms with E-state index in [-0.39, 0.29) is 0 Å². The Bertz CT molecular complexity index is 2790. The molecule has 3 aromatic heterocycles. The second-order valence-electron chi connectivity index (χ2n) is 12.1. The van der Waals surface area contributed by atoms with E-state index in [2.05, 4.69) is 143 Å². The molecular weight excluding hydrogens is 587 g/mol. The smallest absolute Gasteiger partial charge is 0.238 e. The average molecular weight is 614 g/mol. The first kappa shape index (κ1) is 26.6. The Morgan fingerprint density at radius 3 is 1.58 bits per heavy atom. The molecule has 0 unspecified atom stereocenters. The molecule has 0 aliphatic rings. The number of nitrogens with zero attached hydrogens (tertiary/aromatic N) is 5. The minimum Gasteiger partial charge on any atom is -0.309 e. The predicted octanol–water partition coefficient (Wildman–Crippen LogP) is 10.6. The molecule has 0 aliphatic heterocycles. The van der Waals surface area contributed by atoms with Gasteiger partial charge in [-0.15, -0.1) is 0 Å². The highest BCUT2D eigenvalue weighted by Crippen LogP contribution is 2.37. The molecule has 5 heteroatoms. The van der Waals surface area contributed by atoms with Gasteiger partial charge in [0.25, 0.3) is 0 Å². The minimum absolute atomic E-state index is 0.586. The van der Waals surface area contributed by atoms with Gasteiger partial charge in [-0.2, -0.15) is 9.97 Å². The van der Waals surface area contributed by atoms with Crippen molar-refractivity contribution in [3.05, 3.63) is 164 Å². The van der Waals surface area contributed by atoms with Crippen molar-refractivity contribution in [3.8, 4) is 34.4 Å². The molecule has 0 spiro atoms. The minimum atomic E-state index is 0.586. The molecule has 0 saturated carbocycles. The molecule has 224 valence electrons. The van der Waals surface area contributed by atoms with Crippen LogP contribution in [0.4, 0.5) is 0 Å². The van der Waals surface area contributed by atoms with Crippen LogP contribution in [0.25, 0.3) is 88.8 Å². The summed E-state index contributed by atoms with van der Waals surface area (Å²) in [5.41, 5.74) is 7.46. The number of rotatable bonds is 4. The molecule has 0 N–H and O–H groups in total. The maximum atomic E-state index is 5.17. The fourth-order valence-corrected chi connectivity index (χ4v) is 7.15. The van der Waals surface area contributed by atoms with Gasteiger partial charge in [0.1, 0.15) is 0 Å². The maximum absolute atomic E-state index is 5.17. The Balaban J connectivity index is 1.23. The molecule has 0 aliphatic carbocycles. The normalized spacial score (nSPS) is 11.8. The van der Waals surface area contributed by atoms with Gasteiger partial charge >= 0.3 is 0 Å². The zero-order chi connectivity index (χ0) is 31.6. The molecule has 0 atom stereocenters. The monoisotopic (exact) mass is 613 g/mol. The molecular formula is C43H27N5. The topological polar surface area (TPSA) is 48.5 Å². The quantitative estimate of drug-likeness (QED) is 0.198. The third kappa shape index (κ3) is 4.08. The van der Waals surface area contributed by atoms with Crippen LogP contribution in [0.2, 0.25) is 0 Å². The summed E-state index contributed by atoms with van der Waals surface area (Å²) in [5, 5.41) is 7.10. The van der Waals surface area contributed by atoms with Crippen LogP contribution in [0.3, 0.4) is 0 Å². The highest BCUT2D eigenvalue weighted by molar-refractivity contribution is 6.12. The lowest BCUT2D eigenvalue weighted by atomic mass is 10.1. The lowest BCUT2D eigenvalue weighted by Gasteiger charge is -2.12. The Morgan fingerprint density at radius 1 is 0.333 bits per heavy atom. The molecule has 5 nitrogen and oxygen atoms in total. The van der Waals surface area contributed by atoms with E-state index in [1.165, 1.54) is 27.2 Å². The molecule has 3 heterocycles. The molecule has 0 bridgehead atoms. The molecule has 48 heavy (non-hydrogen) atoms. The fourth-order valence-electron chi connectivity index (χ4n) is 7.15. The molecule has 7 aromatic carbocycles. The number of hydrogen-bond donors (Lipinski definition) is 0. The van der Waals surface area contributed by atoms with Crippen molar-refractivity contribution < 1.29 is 0 Å². The van der Waals surface area contributed by atoms with Crippen LogP contribution >= 0.6 is 0 Å². The lowest BCUT2D eigenvalue weighted by Crippen LogP contribution is -2.06. The van der Waals surface area contributed by atoms with E-state index in [0.717, 1.165) is 44.0 Å². The third-order valence-electron chi connectivity index (χ3n) is 9.36. The molecule has 10 rings (SSSR count). The van der Waals surface area contributed by atoms with Crippen LogP contribution in [0.5, 0.6) is 0 Å². The van der Waals surface area contributed by atoms with Gasteiger partial charge in [0.15, 0.2) is 11.6 Å². The lowest BCUT2D eigenvalue weighted by molar-refractivity contribution is 0.953. The number of benzene rings is 7. The number of aromatic nitrogens is 5. The zero-order valence-corrected chi connectivity index (χ0v) is 25.8. The van der Waals surface area contributed by atoms with E-state index < -0.39 is 0 Å². The third-order valence-corrected chi connectivity index (χ3v) is 9.36.